The van der Waals surface area contributed by atoms with Crippen molar-refractivity contribution in [2.24, 2.45) is 0 Å². The van der Waals surface area contributed by atoms with E-state index >= 15 is 0 Å². The van der Waals surface area contributed by atoms with E-state index in [4.69, 9.17) is 13.7 Å². The molecule has 8 heteroatoms. The molecule has 0 aliphatic carbocycles. The first-order chi connectivity index (χ1) is 9.08. The van der Waals surface area contributed by atoms with Crippen LogP contribution in [-0.2, 0) is 23.8 Å². The summed E-state index contributed by atoms with van der Waals surface area (Å²) in [7, 11) is -3.47. The Labute approximate surface area is 120 Å². The van der Waals surface area contributed by atoms with E-state index in [0.29, 0.717) is 26.2 Å². The van der Waals surface area contributed by atoms with Crippen LogP contribution in [0, 0.1) is 0 Å². The van der Waals surface area contributed by atoms with Crippen molar-refractivity contribution < 1.29 is 26.9 Å². The average Bonchev–Trinajstić information content (AvgIpc) is 2.25. The largest absolute Gasteiger partial charge is 0.444 e. The first-order valence-electron chi connectivity index (χ1n) is 6.50. The summed E-state index contributed by atoms with van der Waals surface area (Å²) in [4.78, 5) is 13.6. The van der Waals surface area contributed by atoms with Gasteiger partial charge in [-0.3, -0.25) is 4.18 Å². The third-order valence-electron chi connectivity index (χ3n) is 2.60. The molecule has 1 fully saturated rings. The molecule has 1 aliphatic rings. The smallest absolute Gasteiger partial charge is 0.410 e. The summed E-state index contributed by atoms with van der Waals surface area (Å²) < 4.78 is 37.2. The van der Waals surface area contributed by atoms with Gasteiger partial charge in [0, 0.05) is 6.54 Å². The highest BCUT2D eigenvalue weighted by molar-refractivity contribution is 7.85. The van der Waals surface area contributed by atoms with E-state index < -0.39 is 21.8 Å². The zero-order valence-corrected chi connectivity index (χ0v) is 13.2. The molecule has 1 rings (SSSR count). The third-order valence-corrected chi connectivity index (χ3v) is 3.20. The molecule has 1 unspecified atom stereocenters. The van der Waals surface area contributed by atoms with Gasteiger partial charge in [-0.15, -0.1) is 0 Å². The highest BCUT2D eigenvalue weighted by atomic mass is 32.2. The molecule has 0 aromatic carbocycles. The van der Waals surface area contributed by atoms with Crippen LogP contribution >= 0.6 is 0 Å². The number of carbonyl (C=O) groups is 1. The van der Waals surface area contributed by atoms with Crippen LogP contribution in [0.2, 0.25) is 0 Å². The first kappa shape index (κ1) is 17.2. The monoisotopic (exact) mass is 309 g/mol. The lowest BCUT2D eigenvalue weighted by atomic mass is 10.1. The van der Waals surface area contributed by atoms with Gasteiger partial charge in [-0.05, 0) is 27.2 Å². The Morgan fingerprint density at radius 2 is 2.05 bits per heavy atom. The van der Waals surface area contributed by atoms with Gasteiger partial charge in [-0.25, -0.2) is 4.79 Å². The molecule has 0 spiro atoms. The zero-order valence-electron chi connectivity index (χ0n) is 12.4. The van der Waals surface area contributed by atoms with Gasteiger partial charge in [0.25, 0.3) is 10.1 Å². The highest BCUT2D eigenvalue weighted by Gasteiger charge is 2.30. The molecule has 20 heavy (non-hydrogen) atoms. The Morgan fingerprint density at radius 3 is 2.60 bits per heavy atom. The van der Waals surface area contributed by atoms with Gasteiger partial charge < -0.3 is 14.4 Å². The maximum atomic E-state index is 12.1. The van der Waals surface area contributed by atoms with Gasteiger partial charge in [-0.1, -0.05) is 0 Å². The first-order valence-corrected chi connectivity index (χ1v) is 8.32. The Hall–Kier alpha value is -0.860. The van der Waals surface area contributed by atoms with Crippen molar-refractivity contribution in [2.75, 3.05) is 32.6 Å². The summed E-state index contributed by atoms with van der Waals surface area (Å²) in [6, 6.07) is -0.236. The van der Waals surface area contributed by atoms with Gasteiger partial charge in [0.2, 0.25) is 0 Å². The molecule has 1 atom stereocenters. The van der Waals surface area contributed by atoms with Crippen molar-refractivity contribution in [3.63, 3.8) is 0 Å². The lowest BCUT2D eigenvalue weighted by Crippen LogP contribution is -2.50. The molecule has 0 aromatic heterocycles. The summed E-state index contributed by atoms with van der Waals surface area (Å²) in [5.74, 6) is 0. The second kappa shape index (κ2) is 6.73. The van der Waals surface area contributed by atoms with Gasteiger partial charge in [-0.2, -0.15) is 8.42 Å². The van der Waals surface area contributed by atoms with E-state index in [1.165, 1.54) is 0 Å². The second-order valence-electron chi connectivity index (χ2n) is 5.72. The zero-order chi connectivity index (χ0) is 15.4. The Bertz CT molecular complexity index is 428. The van der Waals surface area contributed by atoms with E-state index in [9.17, 15) is 13.2 Å². The standard InChI is InChI=1S/C12H23NO6S/c1-12(2,3)19-11(14)13-6-8-17-9-10(13)5-7-18-20(4,15)16/h10H,5-9H2,1-4H3. The molecule has 1 saturated heterocycles. The normalized spacial score (nSPS) is 20.8. The number of hydrogen-bond donors (Lipinski definition) is 0. The molecular weight excluding hydrogens is 286 g/mol. The predicted molar refractivity (Wildman–Crippen MR) is 73.0 cm³/mol. The highest BCUT2D eigenvalue weighted by Crippen LogP contribution is 2.16. The van der Waals surface area contributed by atoms with Crippen LogP contribution in [-0.4, -0.2) is 63.7 Å². The predicted octanol–water partition coefficient (Wildman–Crippen LogP) is 0.989. The van der Waals surface area contributed by atoms with E-state index in [1.54, 1.807) is 25.7 Å². The second-order valence-corrected chi connectivity index (χ2v) is 7.36. The van der Waals surface area contributed by atoms with Gasteiger partial charge in [0.15, 0.2) is 0 Å². The van der Waals surface area contributed by atoms with Crippen LogP contribution in [0.25, 0.3) is 0 Å². The minimum Gasteiger partial charge on any atom is -0.444 e. The fourth-order valence-corrected chi connectivity index (χ4v) is 2.19. The van der Waals surface area contributed by atoms with Gasteiger partial charge in [0.1, 0.15) is 5.60 Å². The van der Waals surface area contributed by atoms with Crippen molar-refractivity contribution in [2.45, 2.75) is 38.8 Å². The molecule has 1 amide bonds. The molecule has 0 bridgehead atoms. The topological polar surface area (TPSA) is 82.1 Å². The number of morpholine rings is 1. The van der Waals surface area contributed by atoms with E-state index in [-0.39, 0.29) is 12.6 Å². The van der Waals surface area contributed by atoms with Crippen molar-refractivity contribution >= 4 is 16.2 Å². The van der Waals surface area contributed by atoms with Crippen molar-refractivity contribution in [1.29, 1.82) is 0 Å². The summed E-state index contributed by atoms with van der Waals surface area (Å²) in [6.07, 6.45) is 0.965. The molecule has 118 valence electrons. The Kier molecular flexibility index (Phi) is 5.79. The Balaban J connectivity index is 2.56. The lowest BCUT2D eigenvalue weighted by molar-refractivity contribution is -0.0359. The van der Waals surface area contributed by atoms with Crippen LogP contribution in [0.15, 0.2) is 0 Å². The van der Waals surface area contributed by atoms with Crippen molar-refractivity contribution in [3.8, 4) is 0 Å². The SMILES string of the molecule is CC(C)(C)OC(=O)N1CCOCC1CCOS(C)(=O)=O. The van der Waals surface area contributed by atoms with Crippen molar-refractivity contribution in [3.05, 3.63) is 0 Å². The number of hydrogen-bond acceptors (Lipinski definition) is 6. The molecule has 0 N–H and O–H groups in total. The van der Waals surface area contributed by atoms with Gasteiger partial charge in [0.05, 0.1) is 32.1 Å². The van der Waals surface area contributed by atoms with Gasteiger partial charge >= 0.3 is 6.09 Å². The number of amides is 1. The summed E-state index contributed by atoms with van der Waals surface area (Å²) in [5.41, 5.74) is -0.566. The minimum atomic E-state index is -3.47. The third kappa shape index (κ3) is 6.53. The minimum absolute atomic E-state index is 0.0200. The van der Waals surface area contributed by atoms with Crippen LogP contribution in [0.3, 0.4) is 0 Å². The van der Waals surface area contributed by atoms with Crippen LogP contribution in [0.4, 0.5) is 4.79 Å². The molecule has 0 saturated carbocycles. The Morgan fingerprint density at radius 1 is 1.40 bits per heavy atom. The van der Waals surface area contributed by atoms with E-state index in [0.717, 1.165) is 6.26 Å². The number of carbonyl (C=O) groups excluding carboxylic acids is 1. The maximum Gasteiger partial charge on any atom is 0.410 e. The molecule has 1 heterocycles. The fraction of sp³-hybridized carbons (Fsp3) is 0.917. The number of rotatable bonds is 4. The van der Waals surface area contributed by atoms with E-state index in [1.807, 2.05) is 0 Å². The quantitative estimate of drug-likeness (QED) is 0.720. The summed E-state index contributed by atoms with van der Waals surface area (Å²) in [5, 5.41) is 0. The van der Waals surface area contributed by atoms with E-state index in [2.05, 4.69) is 0 Å². The molecule has 0 aromatic rings. The fourth-order valence-electron chi connectivity index (χ4n) is 1.79. The molecule has 7 nitrogen and oxygen atoms in total. The lowest BCUT2D eigenvalue weighted by Gasteiger charge is -2.36. The van der Waals surface area contributed by atoms with Crippen LogP contribution in [0.1, 0.15) is 27.2 Å². The summed E-state index contributed by atoms with van der Waals surface area (Å²) >= 11 is 0. The number of nitrogens with zero attached hydrogens (tertiary/aromatic N) is 1. The van der Waals surface area contributed by atoms with Crippen molar-refractivity contribution in [1.82, 2.24) is 4.90 Å². The number of ether oxygens (including phenoxy) is 2. The van der Waals surface area contributed by atoms with Crippen LogP contribution in [0.5, 0.6) is 0 Å². The molecule has 0 radical (unpaired) electrons. The summed E-state index contributed by atoms with van der Waals surface area (Å²) in [6.45, 7) is 6.65. The maximum absolute atomic E-state index is 12.1. The van der Waals surface area contributed by atoms with Crippen LogP contribution < -0.4 is 0 Å². The molecular formula is C12H23NO6S. The average molecular weight is 309 g/mol. The molecule has 1 aliphatic heterocycles.